The molecule has 0 saturated carbocycles. The molecule has 15 heavy (non-hydrogen) atoms. The Labute approximate surface area is 90.4 Å². The molecule has 2 rings (SSSR count). The van der Waals surface area contributed by atoms with E-state index in [1.807, 2.05) is 6.92 Å². The summed E-state index contributed by atoms with van der Waals surface area (Å²) in [4.78, 5) is 2.23. The van der Waals surface area contributed by atoms with Crippen molar-refractivity contribution in [3.63, 3.8) is 0 Å². The fourth-order valence-corrected chi connectivity index (χ4v) is 2.43. The lowest BCUT2D eigenvalue weighted by molar-refractivity contribution is 0.218. The van der Waals surface area contributed by atoms with Gasteiger partial charge in [0.15, 0.2) is 0 Å². The molecule has 2 atom stereocenters. The Morgan fingerprint density at radius 2 is 2.27 bits per heavy atom. The maximum atomic E-state index is 5.75. The third-order valence-electron chi connectivity index (χ3n) is 3.30. The highest BCUT2D eigenvalue weighted by Crippen LogP contribution is 2.37. The van der Waals surface area contributed by atoms with Gasteiger partial charge in [-0.1, -0.05) is 5.16 Å². The highest BCUT2D eigenvalue weighted by Gasteiger charge is 2.32. The van der Waals surface area contributed by atoms with Gasteiger partial charge in [-0.3, -0.25) is 0 Å². The van der Waals surface area contributed by atoms with Crippen LogP contribution in [0.15, 0.2) is 4.52 Å². The predicted octanol–water partition coefficient (Wildman–Crippen LogP) is 1.11. The van der Waals surface area contributed by atoms with Crippen LogP contribution in [-0.4, -0.2) is 30.7 Å². The van der Waals surface area contributed by atoms with Crippen LogP contribution in [0.1, 0.15) is 29.5 Å². The monoisotopic (exact) mass is 209 g/mol. The molecule has 84 valence electrons. The Morgan fingerprint density at radius 1 is 1.53 bits per heavy atom. The molecular weight excluding hydrogens is 190 g/mol. The number of nitrogens with two attached hydrogens (primary N) is 1. The third-order valence-corrected chi connectivity index (χ3v) is 3.30. The lowest BCUT2D eigenvalue weighted by Crippen LogP contribution is -2.31. The molecule has 0 radical (unpaired) electrons. The van der Waals surface area contributed by atoms with Gasteiger partial charge in [-0.2, -0.15) is 0 Å². The van der Waals surface area contributed by atoms with Crippen molar-refractivity contribution in [2.24, 2.45) is 11.7 Å². The molecular formula is C11H19N3O. The van der Waals surface area contributed by atoms with E-state index in [-0.39, 0.29) is 0 Å². The van der Waals surface area contributed by atoms with Gasteiger partial charge in [0.1, 0.15) is 5.76 Å². The van der Waals surface area contributed by atoms with Crippen molar-refractivity contribution in [1.29, 1.82) is 0 Å². The molecule has 4 heteroatoms. The van der Waals surface area contributed by atoms with Gasteiger partial charge in [0.25, 0.3) is 0 Å². The van der Waals surface area contributed by atoms with Gasteiger partial charge in [0.05, 0.1) is 5.69 Å². The molecule has 0 aromatic carbocycles. The molecule has 1 aliphatic rings. The summed E-state index contributed by atoms with van der Waals surface area (Å²) in [6.45, 7) is 2.74. The zero-order valence-corrected chi connectivity index (χ0v) is 9.66. The van der Waals surface area contributed by atoms with Crippen LogP contribution < -0.4 is 5.73 Å². The minimum atomic E-state index is 0.411. The van der Waals surface area contributed by atoms with Crippen molar-refractivity contribution >= 4 is 0 Å². The van der Waals surface area contributed by atoms with Crippen molar-refractivity contribution in [3.05, 3.63) is 17.0 Å². The van der Waals surface area contributed by atoms with Gasteiger partial charge >= 0.3 is 0 Å². The molecule has 0 aliphatic heterocycles. The number of rotatable bonds is 2. The second-order valence-electron chi connectivity index (χ2n) is 4.63. The Balaban J connectivity index is 2.36. The van der Waals surface area contributed by atoms with Crippen molar-refractivity contribution in [1.82, 2.24) is 10.1 Å². The standard InChI is InChI=1S/C11H19N3O/c1-7-11-9(14(2)3)4-8(6-12)5-10(11)15-13-7/h8-9H,4-6,12H2,1-3H3. The van der Waals surface area contributed by atoms with E-state index in [9.17, 15) is 0 Å². The summed E-state index contributed by atoms with van der Waals surface area (Å²) in [5.74, 6) is 1.56. The average molecular weight is 209 g/mol. The normalized spacial score (nSPS) is 25.7. The third kappa shape index (κ3) is 1.79. The van der Waals surface area contributed by atoms with Gasteiger partial charge in [0, 0.05) is 18.0 Å². The maximum Gasteiger partial charge on any atom is 0.142 e. The number of aryl methyl sites for hydroxylation is 1. The van der Waals surface area contributed by atoms with Crippen LogP contribution >= 0.6 is 0 Å². The minimum Gasteiger partial charge on any atom is -0.361 e. The Morgan fingerprint density at radius 3 is 2.87 bits per heavy atom. The van der Waals surface area contributed by atoms with Crippen LogP contribution in [0.3, 0.4) is 0 Å². The van der Waals surface area contributed by atoms with Gasteiger partial charge in [-0.15, -0.1) is 0 Å². The summed E-state index contributed by atoms with van der Waals surface area (Å²) in [7, 11) is 4.19. The van der Waals surface area contributed by atoms with E-state index in [4.69, 9.17) is 10.3 Å². The largest absolute Gasteiger partial charge is 0.361 e. The molecule has 4 nitrogen and oxygen atoms in total. The predicted molar refractivity (Wildman–Crippen MR) is 58.5 cm³/mol. The molecule has 1 aromatic rings. The smallest absolute Gasteiger partial charge is 0.142 e. The molecule has 1 aromatic heterocycles. The van der Waals surface area contributed by atoms with Crippen LogP contribution in [0.25, 0.3) is 0 Å². The number of fused-ring (bicyclic) bond motifs is 1. The highest BCUT2D eigenvalue weighted by molar-refractivity contribution is 5.29. The first-order chi connectivity index (χ1) is 7.13. The van der Waals surface area contributed by atoms with E-state index in [1.165, 1.54) is 5.56 Å². The van der Waals surface area contributed by atoms with Crippen molar-refractivity contribution in [3.8, 4) is 0 Å². The number of aromatic nitrogens is 1. The fourth-order valence-electron chi connectivity index (χ4n) is 2.43. The fraction of sp³-hybridized carbons (Fsp3) is 0.727. The van der Waals surface area contributed by atoms with Crippen molar-refractivity contribution in [2.75, 3.05) is 20.6 Å². The molecule has 1 aliphatic carbocycles. The summed E-state index contributed by atoms with van der Waals surface area (Å²) >= 11 is 0. The number of hydrogen-bond acceptors (Lipinski definition) is 4. The molecule has 0 fully saturated rings. The summed E-state index contributed by atoms with van der Waals surface area (Å²) in [5.41, 5.74) is 8.06. The van der Waals surface area contributed by atoms with Crippen molar-refractivity contribution < 1.29 is 4.52 Å². The second kappa shape index (κ2) is 3.94. The van der Waals surface area contributed by atoms with E-state index in [0.717, 1.165) is 30.8 Å². The first-order valence-corrected chi connectivity index (χ1v) is 5.45. The highest BCUT2D eigenvalue weighted by atomic mass is 16.5. The van der Waals surface area contributed by atoms with Crippen LogP contribution in [0.2, 0.25) is 0 Å². The van der Waals surface area contributed by atoms with E-state index in [2.05, 4.69) is 24.2 Å². The average Bonchev–Trinajstić information content (AvgIpc) is 2.59. The van der Waals surface area contributed by atoms with E-state index in [0.29, 0.717) is 12.0 Å². The van der Waals surface area contributed by atoms with Gasteiger partial charge < -0.3 is 15.2 Å². The molecule has 0 bridgehead atoms. The first kappa shape index (κ1) is 10.6. The molecule has 0 amide bonds. The molecule has 0 saturated heterocycles. The minimum absolute atomic E-state index is 0.411. The zero-order valence-electron chi connectivity index (χ0n) is 9.66. The lowest BCUT2D eigenvalue weighted by Gasteiger charge is -2.32. The van der Waals surface area contributed by atoms with Gasteiger partial charge in [-0.25, -0.2) is 0 Å². The topological polar surface area (TPSA) is 55.3 Å². The molecule has 2 unspecified atom stereocenters. The number of nitrogens with zero attached hydrogens (tertiary/aromatic N) is 2. The molecule has 0 spiro atoms. The Bertz CT molecular complexity index is 346. The van der Waals surface area contributed by atoms with E-state index < -0.39 is 0 Å². The Hall–Kier alpha value is -0.870. The zero-order chi connectivity index (χ0) is 11.0. The van der Waals surface area contributed by atoms with Crippen LogP contribution in [0.5, 0.6) is 0 Å². The quantitative estimate of drug-likeness (QED) is 0.792. The number of hydrogen-bond donors (Lipinski definition) is 1. The lowest BCUT2D eigenvalue weighted by atomic mass is 9.83. The van der Waals surface area contributed by atoms with Gasteiger partial charge in [-0.05, 0) is 39.9 Å². The Kier molecular flexibility index (Phi) is 2.80. The van der Waals surface area contributed by atoms with Crippen LogP contribution in [-0.2, 0) is 6.42 Å². The van der Waals surface area contributed by atoms with Crippen LogP contribution in [0.4, 0.5) is 0 Å². The van der Waals surface area contributed by atoms with Gasteiger partial charge in [0.2, 0.25) is 0 Å². The van der Waals surface area contributed by atoms with E-state index in [1.54, 1.807) is 0 Å². The molecule has 1 heterocycles. The maximum absolute atomic E-state index is 5.75. The summed E-state index contributed by atoms with van der Waals surface area (Å²) in [6.07, 6.45) is 2.05. The van der Waals surface area contributed by atoms with Crippen LogP contribution in [0, 0.1) is 12.8 Å². The molecule has 2 N–H and O–H groups in total. The van der Waals surface area contributed by atoms with Crippen molar-refractivity contribution in [2.45, 2.75) is 25.8 Å². The second-order valence-corrected chi connectivity index (χ2v) is 4.63. The summed E-state index contributed by atoms with van der Waals surface area (Å²) in [6, 6.07) is 0.411. The summed E-state index contributed by atoms with van der Waals surface area (Å²) < 4.78 is 5.37. The SMILES string of the molecule is Cc1noc2c1C(N(C)C)CC(CN)C2. The summed E-state index contributed by atoms with van der Waals surface area (Å²) in [5, 5.41) is 4.06. The first-order valence-electron chi connectivity index (χ1n) is 5.45. The van der Waals surface area contributed by atoms with E-state index >= 15 is 0 Å².